The molecule has 0 radical (unpaired) electrons. The molecule has 0 bridgehead atoms. The Morgan fingerprint density at radius 2 is 2.31 bits per heavy atom. The fraction of sp³-hybridized carbons (Fsp3) is 0.462. The van der Waals surface area contributed by atoms with Gasteiger partial charge in [-0.3, -0.25) is 4.79 Å². The Kier molecular flexibility index (Phi) is 3.57. The molecule has 1 atom stereocenters. The molecule has 0 spiro atoms. The van der Waals surface area contributed by atoms with Crippen LogP contribution in [0.15, 0.2) is 24.3 Å². The van der Waals surface area contributed by atoms with Crippen LogP contribution in [0.2, 0.25) is 0 Å². The van der Waals surface area contributed by atoms with Gasteiger partial charge in [-0.2, -0.15) is 0 Å². The summed E-state index contributed by atoms with van der Waals surface area (Å²) in [5, 5.41) is 6.34. The van der Waals surface area contributed by atoms with Gasteiger partial charge in [0.15, 0.2) is 0 Å². The Morgan fingerprint density at radius 3 is 3.12 bits per heavy atom. The molecule has 1 heterocycles. The molecule has 1 aromatic carbocycles. The monoisotopic (exact) mass is 218 g/mol. The van der Waals surface area contributed by atoms with Crippen LogP contribution in [0.3, 0.4) is 0 Å². The van der Waals surface area contributed by atoms with Gasteiger partial charge in [-0.1, -0.05) is 24.3 Å². The van der Waals surface area contributed by atoms with Crippen LogP contribution in [-0.4, -0.2) is 19.0 Å². The molecular formula is C13H18N2O. The maximum absolute atomic E-state index is 10.8. The normalized spacial score (nSPS) is 18.9. The van der Waals surface area contributed by atoms with Gasteiger partial charge >= 0.3 is 0 Å². The van der Waals surface area contributed by atoms with Crippen molar-refractivity contribution in [1.29, 1.82) is 0 Å². The van der Waals surface area contributed by atoms with Crippen LogP contribution in [0.4, 0.5) is 0 Å². The smallest absolute Gasteiger partial charge is 0.216 e. The number of hydrogen-bond donors (Lipinski definition) is 2. The molecule has 0 aromatic heterocycles. The SMILES string of the molecule is CC(=O)NCC[C@@H]1NCCc2ccccc21. The summed E-state index contributed by atoms with van der Waals surface area (Å²) in [5.41, 5.74) is 2.83. The van der Waals surface area contributed by atoms with E-state index in [1.54, 1.807) is 6.92 Å². The molecule has 2 N–H and O–H groups in total. The third-order valence-electron chi connectivity index (χ3n) is 3.02. The average Bonchev–Trinajstić information content (AvgIpc) is 2.29. The molecule has 86 valence electrons. The maximum atomic E-state index is 10.8. The Labute approximate surface area is 96.2 Å². The molecule has 1 aromatic rings. The zero-order valence-corrected chi connectivity index (χ0v) is 9.62. The number of carbonyl (C=O) groups excluding carboxylic acids is 1. The molecule has 0 fully saturated rings. The second-order valence-electron chi connectivity index (χ2n) is 4.23. The van der Waals surface area contributed by atoms with Crippen LogP contribution in [0, 0.1) is 0 Å². The molecule has 1 amide bonds. The first-order chi connectivity index (χ1) is 7.77. The number of nitrogens with one attached hydrogen (secondary N) is 2. The molecule has 1 aliphatic rings. The highest BCUT2D eigenvalue weighted by Crippen LogP contribution is 2.24. The minimum atomic E-state index is 0.0455. The van der Waals surface area contributed by atoms with Crippen molar-refractivity contribution < 1.29 is 4.79 Å². The third-order valence-corrected chi connectivity index (χ3v) is 3.02. The van der Waals surface area contributed by atoms with E-state index in [0.717, 1.165) is 25.9 Å². The number of benzene rings is 1. The Bertz CT molecular complexity index is 376. The van der Waals surface area contributed by atoms with E-state index >= 15 is 0 Å². The van der Waals surface area contributed by atoms with E-state index in [4.69, 9.17) is 0 Å². The predicted octanol–water partition coefficient (Wildman–Crippen LogP) is 1.40. The number of hydrogen-bond acceptors (Lipinski definition) is 2. The summed E-state index contributed by atoms with van der Waals surface area (Å²) >= 11 is 0. The van der Waals surface area contributed by atoms with Crippen molar-refractivity contribution in [2.24, 2.45) is 0 Å². The van der Waals surface area contributed by atoms with Crippen LogP contribution < -0.4 is 10.6 Å². The lowest BCUT2D eigenvalue weighted by Gasteiger charge is -2.26. The molecule has 0 unspecified atom stereocenters. The van der Waals surface area contributed by atoms with Crippen molar-refractivity contribution in [3.63, 3.8) is 0 Å². The lowest BCUT2D eigenvalue weighted by Crippen LogP contribution is -2.33. The summed E-state index contributed by atoms with van der Waals surface area (Å²) in [5.74, 6) is 0.0455. The van der Waals surface area contributed by atoms with Gasteiger partial charge in [0.25, 0.3) is 0 Å². The highest BCUT2D eigenvalue weighted by atomic mass is 16.1. The van der Waals surface area contributed by atoms with E-state index in [-0.39, 0.29) is 5.91 Å². The van der Waals surface area contributed by atoms with Crippen molar-refractivity contribution in [2.75, 3.05) is 13.1 Å². The quantitative estimate of drug-likeness (QED) is 0.805. The number of fused-ring (bicyclic) bond motifs is 1. The summed E-state index contributed by atoms with van der Waals surface area (Å²) in [6.07, 6.45) is 2.06. The minimum absolute atomic E-state index is 0.0455. The number of amides is 1. The molecule has 0 saturated heterocycles. The summed E-state index contributed by atoms with van der Waals surface area (Å²) in [6, 6.07) is 8.94. The maximum Gasteiger partial charge on any atom is 0.216 e. The van der Waals surface area contributed by atoms with Crippen molar-refractivity contribution in [2.45, 2.75) is 25.8 Å². The Morgan fingerprint density at radius 1 is 1.50 bits per heavy atom. The highest BCUT2D eigenvalue weighted by Gasteiger charge is 2.18. The first kappa shape index (κ1) is 11.1. The van der Waals surface area contributed by atoms with Gasteiger partial charge in [0.2, 0.25) is 5.91 Å². The summed E-state index contributed by atoms with van der Waals surface area (Å²) in [4.78, 5) is 10.8. The Hall–Kier alpha value is -1.35. The van der Waals surface area contributed by atoms with Crippen LogP contribution in [0.5, 0.6) is 0 Å². The zero-order valence-electron chi connectivity index (χ0n) is 9.62. The predicted molar refractivity (Wildman–Crippen MR) is 64.2 cm³/mol. The number of carbonyl (C=O) groups is 1. The summed E-state index contributed by atoms with van der Waals surface area (Å²) in [7, 11) is 0. The van der Waals surface area contributed by atoms with Crippen molar-refractivity contribution >= 4 is 5.91 Å². The van der Waals surface area contributed by atoms with Crippen LogP contribution in [0.25, 0.3) is 0 Å². The number of rotatable bonds is 3. The van der Waals surface area contributed by atoms with Gasteiger partial charge in [-0.15, -0.1) is 0 Å². The molecule has 2 rings (SSSR count). The molecule has 0 saturated carbocycles. The minimum Gasteiger partial charge on any atom is -0.356 e. The first-order valence-electron chi connectivity index (χ1n) is 5.83. The second kappa shape index (κ2) is 5.12. The fourth-order valence-electron chi connectivity index (χ4n) is 2.24. The topological polar surface area (TPSA) is 41.1 Å². The van der Waals surface area contributed by atoms with E-state index in [0.29, 0.717) is 6.04 Å². The molecule has 3 nitrogen and oxygen atoms in total. The van der Waals surface area contributed by atoms with Gasteiger partial charge in [-0.25, -0.2) is 0 Å². The van der Waals surface area contributed by atoms with Crippen molar-refractivity contribution in [3.8, 4) is 0 Å². The van der Waals surface area contributed by atoms with E-state index < -0.39 is 0 Å². The van der Waals surface area contributed by atoms with E-state index in [9.17, 15) is 4.79 Å². The van der Waals surface area contributed by atoms with Gasteiger partial charge in [-0.05, 0) is 30.5 Å². The van der Waals surface area contributed by atoms with Gasteiger partial charge in [0, 0.05) is 19.5 Å². The van der Waals surface area contributed by atoms with E-state index in [1.807, 2.05) is 0 Å². The summed E-state index contributed by atoms with van der Waals surface area (Å²) in [6.45, 7) is 3.32. The highest BCUT2D eigenvalue weighted by molar-refractivity contribution is 5.72. The van der Waals surface area contributed by atoms with E-state index in [1.165, 1.54) is 11.1 Å². The van der Waals surface area contributed by atoms with Crippen molar-refractivity contribution in [1.82, 2.24) is 10.6 Å². The van der Waals surface area contributed by atoms with Crippen LogP contribution >= 0.6 is 0 Å². The van der Waals surface area contributed by atoms with Crippen LogP contribution in [-0.2, 0) is 11.2 Å². The summed E-state index contributed by atoms with van der Waals surface area (Å²) < 4.78 is 0. The lowest BCUT2D eigenvalue weighted by molar-refractivity contribution is -0.118. The molecule has 1 aliphatic heterocycles. The van der Waals surface area contributed by atoms with Crippen molar-refractivity contribution in [3.05, 3.63) is 35.4 Å². The van der Waals surface area contributed by atoms with Crippen LogP contribution in [0.1, 0.15) is 30.5 Å². The lowest BCUT2D eigenvalue weighted by atomic mass is 9.92. The largest absolute Gasteiger partial charge is 0.356 e. The standard InChI is InChI=1S/C13H18N2O/c1-10(16)14-9-7-13-12-5-3-2-4-11(12)6-8-15-13/h2-5,13,15H,6-9H2,1H3,(H,14,16)/t13-/m0/s1. The van der Waals surface area contributed by atoms with Gasteiger partial charge in [0.05, 0.1) is 0 Å². The fourth-order valence-corrected chi connectivity index (χ4v) is 2.24. The molecule has 3 heteroatoms. The van der Waals surface area contributed by atoms with Gasteiger partial charge < -0.3 is 10.6 Å². The van der Waals surface area contributed by atoms with E-state index in [2.05, 4.69) is 34.9 Å². The molecule has 16 heavy (non-hydrogen) atoms. The zero-order chi connectivity index (χ0) is 11.4. The molecular weight excluding hydrogens is 200 g/mol. The van der Waals surface area contributed by atoms with Gasteiger partial charge in [0.1, 0.15) is 0 Å². The first-order valence-corrected chi connectivity index (χ1v) is 5.83. The second-order valence-corrected chi connectivity index (χ2v) is 4.23. The molecule has 0 aliphatic carbocycles. The third kappa shape index (κ3) is 2.61. The average molecular weight is 218 g/mol. The Balaban J connectivity index is 1.99.